The van der Waals surface area contributed by atoms with E-state index in [0.717, 1.165) is 0 Å². The molecule has 0 saturated carbocycles. The van der Waals surface area contributed by atoms with Gasteiger partial charge in [-0.3, -0.25) is 4.79 Å². The molecule has 1 aromatic carbocycles. The molecule has 1 heterocycles. The molecule has 0 aliphatic rings. The van der Waals surface area contributed by atoms with Crippen molar-refractivity contribution in [3.63, 3.8) is 0 Å². The number of nitrogens with one attached hydrogen (secondary N) is 1. The Bertz CT molecular complexity index is 715. The lowest BCUT2D eigenvalue weighted by molar-refractivity contribution is 0.0602. The van der Waals surface area contributed by atoms with Crippen LogP contribution in [0.15, 0.2) is 32.5 Å². The molecular weight excluding hydrogens is 424 g/mol. The standard InChI is InChI=1S/C13H10Br2N2O3S/c1-20-13(19)7-4-6(14)5-8(15)10(7)17-12(18)11-9(16)2-3-21-11/h2-5H,16H2,1H3,(H,17,18). The number of halogens is 2. The van der Waals surface area contributed by atoms with Gasteiger partial charge in [0.2, 0.25) is 0 Å². The number of rotatable bonds is 3. The quantitative estimate of drug-likeness (QED) is 0.719. The van der Waals surface area contributed by atoms with Gasteiger partial charge in [-0.15, -0.1) is 11.3 Å². The van der Waals surface area contributed by atoms with E-state index in [1.807, 2.05) is 0 Å². The molecule has 5 nitrogen and oxygen atoms in total. The predicted molar refractivity (Wildman–Crippen MR) is 89.9 cm³/mol. The smallest absolute Gasteiger partial charge is 0.340 e. The molecule has 0 radical (unpaired) electrons. The van der Waals surface area contributed by atoms with Gasteiger partial charge in [0.1, 0.15) is 4.88 Å². The molecule has 3 N–H and O–H groups in total. The summed E-state index contributed by atoms with van der Waals surface area (Å²) in [5.41, 5.74) is 6.69. The van der Waals surface area contributed by atoms with Crippen LogP contribution in [-0.2, 0) is 4.74 Å². The summed E-state index contributed by atoms with van der Waals surface area (Å²) in [6.45, 7) is 0. The maximum absolute atomic E-state index is 12.2. The minimum Gasteiger partial charge on any atom is -0.465 e. The molecule has 2 aromatic rings. The van der Waals surface area contributed by atoms with Crippen molar-refractivity contribution >= 4 is 66.4 Å². The number of amides is 1. The van der Waals surface area contributed by atoms with E-state index in [2.05, 4.69) is 37.2 Å². The van der Waals surface area contributed by atoms with Crippen LogP contribution in [0.25, 0.3) is 0 Å². The summed E-state index contributed by atoms with van der Waals surface area (Å²) < 4.78 is 5.97. The van der Waals surface area contributed by atoms with Crippen molar-refractivity contribution < 1.29 is 14.3 Å². The van der Waals surface area contributed by atoms with Gasteiger partial charge in [-0.2, -0.15) is 0 Å². The average molecular weight is 434 g/mol. The van der Waals surface area contributed by atoms with E-state index in [9.17, 15) is 9.59 Å². The highest BCUT2D eigenvalue weighted by Gasteiger charge is 2.20. The first kappa shape index (κ1) is 16.0. The highest BCUT2D eigenvalue weighted by Crippen LogP contribution is 2.32. The summed E-state index contributed by atoms with van der Waals surface area (Å²) in [4.78, 5) is 24.5. The van der Waals surface area contributed by atoms with Gasteiger partial charge in [0.05, 0.1) is 24.0 Å². The first-order valence-electron chi connectivity index (χ1n) is 5.65. The number of carbonyl (C=O) groups is 2. The third-order valence-electron chi connectivity index (χ3n) is 2.60. The minimum atomic E-state index is -0.550. The van der Waals surface area contributed by atoms with Gasteiger partial charge >= 0.3 is 5.97 Å². The fourth-order valence-corrected chi connectivity index (χ4v) is 3.68. The van der Waals surface area contributed by atoms with Crippen LogP contribution in [0, 0.1) is 0 Å². The molecule has 0 unspecified atom stereocenters. The number of thiophene rings is 1. The monoisotopic (exact) mass is 432 g/mol. The average Bonchev–Trinajstić information content (AvgIpc) is 2.86. The fourth-order valence-electron chi connectivity index (χ4n) is 1.65. The predicted octanol–water partition coefficient (Wildman–Crippen LogP) is 3.89. The maximum atomic E-state index is 12.2. The van der Waals surface area contributed by atoms with Crippen molar-refractivity contribution in [1.82, 2.24) is 0 Å². The minimum absolute atomic E-state index is 0.238. The van der Waals surface area contributed by atoms with Gasteiger partial charge in [0.15, 0.2) is 0 Å². The Balaban J connectivity index is 2.42. The van der Waals surface area contributed by atoms with Crippen molar-refractivity contribution in [2.24, 2.45) is 0 Å². The number of hydrogen-bond donors (Lipinski definition) is 2. The summed E-state index contributed by atoms with van der Waals surface area (Å²) in [5, 5.41) is 4.41. The number of hydrogen-bond acceptors (Lipinski definition) is 5. The van der Waals surface area contributed by atoms with Crippen LogP contribution in [0.5, 0.6) is 0 Å². The number of anilines is 2. The van der Waals surface area contributed by atoms with E-state index >= 15 is 0 Å². The van der Waals surface area contributed by atoms with E-state index < -0.39 is 5.97 Å². The van der Waals surface area contributed by atoms with E-state index in [0.29, 0.717) is 25.2 Å². The second kappa shape index (κ2) is 6.59. The lowest BCUT2D eigenvalue weighted by Gasteiger charge is -2.12. The Labute approximate surface area is 141 Å². The third-order valence-corrected chi connectivity index (χ3v) is 4.61. The van der Waals surface area contributed by atoms with Crippen LogP contribution in [0.1, 0.15) is 20.0 Å². The molecule has 1 aromatic heterocycles. The molecule has 2 rings (SSSR count). The number of methoxy groups -OCH3 is 1. The molecule has 0 aliphatic heterocycles. The summed E-state index contributed by atoms with van der Waals surface area (Å²) in [5.74, 6) is -0.929. The lowest BCUT2D eigenvalue weighted by atomic mass is 10.1. The molecule has 0 saturated heterocycles. The first-order chi connectivity index (χ1) is 9.93. The van der Waals surface area contributed by atoms with E-state index in [1.54, 1.807) is 23.6 Å². The molecule has 1 amide bonds. The van der Waals surface area contributed by atoms with Crippen molar-refractivity contribution in [2.45, 2.75) is 0 Å². The normalized spacial score (nSPS) is 10.2. The highest BCUT2D eigenvalue weighted by molar-refractivity contribution is 9.11. The van der Waals surface area contributed by atoms with E-state index in [-0.39, 0.29) is 11.5 Å². The van der Waals surface area contributed by atoms with Crippen LogP contribution in [0.2, 0.25) is 0 Å². The molecule has 0 fully saturated rings. The van der Waals surface area contributed by atoms with Crippen LogP contribution < -0.4 is 11.1 Å². The molecule has 0 atom stereocenters. The van der Waals surface area contributed by atoms with Crippen LogP contribution in [0.3, 0.4) is 0 Å². The maximum Gasteiger partial charge on any atom is 0.340 e. The first-order valence-corrected chi connectivity index (χ1v) is 8.12. The zero-order valence-electron chi connectivity index (χ0n) is 10.8. The van der Waals surface area contributed by atoms with Crippen LogP contribution >= 0.6 is 43.2 Å². The van der Waals surface area contributed by atoms with Gasteiger partial charge in [-0.25, -0.2) is 4.79 Å². The number of benzene rings is 1. The molecule has 0 bridgehead atoms. The summed E-state index contributed by atoms with van der Waals surface area (Å²) in [7, 11) is 1.28. The van der Waals surface area contributed by atoms with Gasteiger partial charge in [-0.05, 0) is 39.5 Å². The molecule has 8 heteroatoms. The Hall–Kier alpha value is -1.38. The molecule has 110 valence electrons. The Morgan fingerprint density at radius 3 is 2.62 bits per heavy atom. The topological polar surface area (TPSA) is 81.4 Å². The SMILES string of the molecule is COC(=O)c1cc(Br)cc(Br)c1NC(=O)c1sccc1N. The van der Waals surface area contributed by atoms with Crippen LogP contribution in [-0.4, -0.2) is 19.0 Å². The summed E-state index contributed by atoms with van der Waals surface area (Å²) in [6, 6.07) is 4.95. The number of esters is 1. The number of nitrogen functional groups attached to an aromatic ring is 1. The Morgan fingerprint density at radius 1 is 1.33 bits per heavy atom. The second-order valence-electron chi connectivity index (χ2n) is 3.96. The van der Waals surface area contributed by atoms with Crippen molar-refractivity contribution in [3.8, 4) is 0 Å². The molecule has 0 spiro atoms. The van der Waals surface area contributed by atoms with Gasteiger partial charge in [-0.1, -0.05) is 15.9 Å². The van der Waals surface area contributed by atoms with Gasteiger partial charge < -0.3 is 15.8 Å². The van der Waals surface area contributed by atoms with Crippen molar-refractivity contribution in [3.05, 3.63) is 43.0 Å². The largest absolute Gasteiger partial charge is 0.465 e. The summed E-state index contributed by atoms with van der Waals surface area (Å²) in [6.07, 6.45) is 0. The number of nitrogens with two attached hydrogens (primary N) is 1. The van der Waals surface area contributed by atoms with Gasteiger partial charge in [0, 0.05) is 8.95 Å². The lowest BCUT2D eigenvalue weighted by Crippen LogP contribution is -2.16. The van der Waals surface area contributed by atoms with E-state index in [4.69, 9.17) is 10.5 Å². The van der Waals surface area contributed by atoms with E-state index in [1.165, 1.54) is 18.4 Å². The van der Waals surface area contributed by atoms with Gasteiger partial charge in [0.25, 0.3) is 5.91 Å². The Kier molecular flexibility index (Phi) is 5.02. The number of carbonyl (C=O) groups excluding carboxylic acids is 2. The van der Waals surface area contributed by atoms with Crippen molar-refractivity contribution in [1.29, 1.82) is 0 Å². The Morgan fingerprint density at radius 2 is 2.05 bits per heavy atom. The van der Waals surface area contributed by atoms with Crippen molar-refractivity contribution in [2.75, 3.05) is 18.2 Å². The molecule has 21 heavy (non-hydrogen) atoms. The van der Waals surface area contributed by atoms with Crippen LogP contribution in [0.4, 0.5) is 11.4 Å². The second-order valence-corrected chi connectivity index (χ2v) is 6.65. The highest BCUT2D eigenvalue weighted by atomic mass is 79.9. The molecular formula is C13H10Br2N2O3S. The fraction of sp³-hybridized carbons (Fsp3) is 0.0769. The molecule has 0 aliphatic carbocycles. The zero-order chi connectivity index (χ0) is 15.6. The summed E-state index contributed by atoms with van der Waals surface area (Å²) >= 11 is 7.85. The number of ether oxygens (including phenoxy) is 1. The zero-order valence-corrected chi connectivity index (χ0v) is 14.8. The third kappa shape index (κ3) is 3.45.